The molecular weight excluding hydrogens is 296 g/mol. The summed E-state index contributed by atoms with van der Waals surface area (Å²) in [5.41, 5.74) is 2.21. The zero-order chi connectivity index (χ0) is 15.6. The topological polar surface area (TPSA) is 67.3 Å². The number of nitrogens with zero attached hydrogens (tertiary/aromatic N) is 6. The minimum Gasteiger partial charge on any atom is -0.225 e. The Labute approximate surface area is 133 Å². The summed E-state index contributed by atoms with van der Waals surface area (Å²) < 4.78 is 1.95. The van der Waals surface area contributed by atoms with E-state index in [4.69, 9.17) is 0 Å². The van der Waals surface area contributed by atoms with Gasteiger partial charge in [0, 0.05) is 5.38 Å². The van der Waals surface area contributed by atoms with Crippen LogP contribution >= 0.6 is 11.3 Å². The molecule has 112 valence electrons. The summed E-state index contributed by atoms with van der Waals surface area (Å²) in [6.45, 7) is 2.14. The van der Waals surface area contributed by atoms with E-state index < -0.39 is 0 Å². The molecule has 0 radical (unpaired) electrons. The van der Waals surface area contributed by atoms with Gasteiger partial charge in [0.25, 0.3) is 0 Å². The molecule has 0 N–H and O–H groups in total. The maximum absolute atomic E-state index is 4.20. The number of hydrogen-bond acceptors (Lipinski definition) is 6. The van der Waals surface area contributed by atoms with E-state index in [0.717, 1.165) is 17.2 Å². The van der Waals surface area contributed by atoms with Crippen LogP contribution in [-0.4, -0.2) is 15.0 Å². The molecule has 6 nitrogen and oxygen atoms in total. The Hall–Kier alpha value is -2.54. The molecule has 0 aliphatic carbocycles. The molecule has 2 heterocycles. The third-order valence-corrected chi connectivity index (χ3v) is 3.59. The van der Waals surface area contributed by atoms with Gasteiger partial charge in [-0.05, 0) is 40.6 Å². The normalized spacial score (nSPS) is 10.3. The van der Waals surface area contributed by atoms with E-state index in [9.17, 15) is 0 Å². The van der Waals surface area contributed by atoms with Gasteiger partial charge >= 0.3 is 5.13 Å². The number of aromatic nitrogens is 4. The van der Waals surface area contributed by atoms with Gasteiger partial charge in [0.2, 0.25) is 0 Å². The molecule has 2 aromatic heterocycles. The Morgan fingerprint density at radius 2 is 1.64 bits per heavy atom. The Morgan fingerprint density at radius 1 is 1.00 bits per heavy atom. The van der Waals surface area contributed by atoms with Crippen molar-refractivity contribution in [3.05, 3.63) is 60.4 Å². The van der Waals surface area contributed by atoms with Gasteiger partial charge in [0.15, 0.2) is 0 Å². The molecule has 0 aliphatic rings. The highest BCUT2D eigenvalue weighted by atomic mass is 32.1. The molecule has 0 spiro atoms. The third kappa shape index (κ3) is 5.10. The molecule has 0 unspecified atom stereocenters. The molecule has 3 rings (SSSR count). The minimum atomic E-state index is 0.894. The van der Waals surface area contributed by atoms with Crippen LogP contribution in [0.15, 0.2) is 65.1 Å². The number of hydrogen-bond donors (Lipinski definition) is 0. The first kappa shape index (κ1) is 15.8. The van der Waals surface area contributed by atoms with E-state index >= 15 is 0 Å². The summed E-state index contributed by atoms with van der Waals surface area (Å²) in [4.78, 5) is 10.7. The third-order valence-electron chi connectivity index (χ3n) is 2.76. The molecule has 1 aromatic carbocycles. The summed E-state index contributed by atoms with van der Waals surface area (Å²) in [7, 11) is 1.96. The lowest BCUT2D eigenvalue weighted by atomic mass is 10.2. The predicted molar refractivity (Wildman–Crippen MR) is 85.3 cm³/mol. The smallest absolute Gasteiger partial charge is 0.225 e. The maximum Gasteiger partial charge on any atom is 0.408 e. The number of rotatable bonds is 3. The van der Waals surface area contributed by atoms with Crippen molar-refractivity contribution in [2.75, 3.05) is 0 Å². The zero-order valence-electron chi connectivity index (χ0n) is 12.5. The first-order valence-corrected chi connectivity index (χ1v) is 7.66. The van der Waals surface area contributed by atoms with Crippen molar-refractivity contribution < 1.29 is 4.57 Å². The first-order chi connectivity index (χ1) is 10.8. The van der Waals surface area contributed by atoms with Gasteiger partial charge in [0.05, 0.1) is 12.2 Å². The van der Waals surface area contributed by atoms with Gasteiger partial charge in [-0.15, -0.1) is 0 Å². The zero-order valence-corrected chi connectivity index (χ0v) is 13.3. The summed E-state index contributed by atoms with van der Waals surface area (Å²) in [5.74, 6) is 0. The van der Waals surface area contributed by atoms with E-state index in [-0.39, 0.29) is 0 Å². The Morgan fingerprint density at radius 3 is 2.09 bits per heavy atom. The van der Waals surface area contributed by atoms with Crippen LogP contribution in [-0.2, 0) is 13.5 Å². The number of benzene rings is 1. The highest BCUT2D eigenvalue weighted by molar-refractivity contribution is 7.12. The van der Waals surface area contributed by atoms with Gasteiger partial charge in [-0.25, -0.2) is 19.5 Å². The minimum absolute atomic E-state index is 0.894. The van der Waals surface area contributed by atoms with Crippen LogP contribution in [0.25, 0.3) is 0 Å². The molecule has 0 saturated carbocycles. The van der Waals surface area contributed by atoms with Crippen LogP contribution < -0.4 is 4.57 Å². The fourth-order valence-electron chi connectivity index (χ4n) is 1.53. The summed E-state index contributed by atoms with van der Waals surface area (Å²) in [6, 6.07) is 8.16. The van der Waals surface area contributed by atoms with Crippen LogP contribution in [0.3, 0.4) is 0 Å². The van der Waals surface area contributed by atoms with E-state index in [0.29, 0.717) is 0 Å². The summed E-state index contributed by atoms with van der Waals surface area (Å²) in [6.07, 6.45) is 7.34. The standard InChI is InChI=1S/C12H14N3S.C3H3N3/c1-3-10-4-6-11(7-5-10)13-14-12-15(2)8-9-16-12;1-4-2-6-3-5-1/h4-9H,3H2,1-2H3;1-3H/q+1;. The molecule has 0 aliphatic heterocycles. The van der Waals surface area contributed by atoms with E-state index in [1.54, 1.807) is 11.3 Å². The second-order valence-electron chi connectivity index (χ2n) is 4.31. The molecule has 0 atom stereocenters. The second kappa shape index (κ2) is 8.68. The van der Waals surface area contributed by atoms with E-state index in [1.165, 1.54) is 24.5 Å². The van der Waals surface area contributed by atoms with Gasteiger partial charge in [0.1, 0.15) is 30.9 Å². The van der Waals surface area contributed by atoms with Crippen molar-refractivity contribution >= 4 is 22.2 Å². The van der Waals surface area contributed by atoms with Crippen molar-refractivity contribution in [2.24, 2.45) is 17.3 Å². The summed E-state index contributed by atoms with van der Waals surface area (Å²) >= 11 is 1.58. The fraction of sp³-hybridized carbons (Fsp3) is 0.200. The molecule has 7 heteroatoms. The largest absolute Gasteiger partial charge is 0.408 e. The van der Waals surface area contributed by atoms with Crippen molar-refractivity contribution in [2.45, 2.75) is 13.3 Å². The fourth-order valence-corrected chi connectivity index (χ4v) is 2.21. The van der Waals surface area contributed by atoms with Gasteiger partial charge in [-0.1, -0.05) is 19.1 Å². The number of aryl methyl sites for hydroxylation is 2. The Bertz CT molecular complexity index is 667. The van der Waals surface area contributed by atoms with Crippen molar-refractivity contribution in [1.82, 2.24) is 15.0 Å². The molecule has 0 amide bonds. The van der Waals surface area contributed by atoms with Crippen molar-refractivity contribution in [3.8, 4) is 0 Å². The van der Waals surface area contributed by atoms with Crippen molar-refractivity contribution in [3.63, 3.8) is 0 Å². The lowest BCUT2D eigenvalue weighted by Gasteiger charge is -1.93. The molecule has 0 bridgehead atoms. The second-order valence-corrected chi connectivity index (χ2v) is 5.18. The van der Waals surface area contributed by atoms with Crippen LogP contribution in [0.4, 0.5) is 10.8 Å². The molecule has 22 heavy (non-hydrogen) atoms. The van der Waals surface area contributed by atoms with Crippen LogP contribution in [0.5, 0.6) is 0 Å². The van der Waals surface area contributed by atoms with Crippen LogP contribution in [0.2, 0.25) is 0 Å². The van der Waals surface area contributed by atoms with Crippen molar-refractivity contribution in [1.29, 1.82) is 0 Å². The Balaban J connectivity index is 0.000000246. The lowest BCUT2D eigenvalue weighted by Crippen LogP contribution is -2.23. The first-order valence-electron chi connectivity index (χ1n) is 6.78. The molecule has 3 aromatic rings. The average Bonchev–Trinajstić information content (AvgIpc) is 3.01. The quantitative estimate of drug-likeness (QED) is 0.549. The van der Waals surface area contributed by atoms with E-state index in [1.807, 2.05) is 35.3 Å². The van der Waals surface area contributed by atoms with E-state index in [2.05, 4.69) is 44.2 Å². The van der Waals surface area contributed by atoms with Crippen LogP contribution in [0, 0.1) is 0 Å². The molecule has 0 saturated heterocycles. The lowest BCUT2D eigenvalue weighted by molar-refractivity contribution is -0.654. The maximum atomic E-state index is 4.20. The van der Waals surface area contributed by atoms with Gasteiger partial charge < -0.3 is 0 Å². The van der Waals surface area contributed by atoms with Gasteiger partial charge in [-0.3, -0.25) is 0 Å². The SMILES string of the molecule is CCc1ccc(N=Nc2scc[n+]2C)cc1.c1ncncn1. The molecule has 0 fully saturated rings. The Kier molecular flexibility index (Phi) is 6.25. The highest BCUT2D eigenvalue weighted by Gasteiger charge is 2.06. The predicted octanol–water partition coefficient (Wildman–Crippen LogP) is 3.42. The van der Waals surface area contributed by atoms with Gasteiger partial charge in [-0.2, -0.15) is 0 Å². The number of azo groups is 1. The highest BCUT2D eigenvalue weighted by Crippen LogP contribution is 2.19. The summed E-state index contributed by atoms with van der Waals surface area (Å²) in [5, 5.41) is 11.3. The van der Waals surface area contributed by atoms with Crippen LogP contribution in [0.1, 0.15) is 12.5 Å². The number of thiazole rings is 1. The monoisotopic (exact) mass is 313 g/mol. The molecular formula is C15H17N6S+. The average molecular weight is 313 g/mol.